The molecule has 2 heterocycles. The molecular formula is C13H26N4O3S. The van der Waals surface area contributed by atoms with Gasteiger partial charge in [-0.1, -0.05) is 0 Å². The minimum Gasteiger partial charge on any atom is -0.373 e. The van der Waals surface area contributed by atoms with Crippen molar-refractivity contribution in [1.29, 1.82) is 0 Å². The van der Waals surface area contributed by atoms with Crippen LogP contribution in [-0.4, -0.2) is 58.0 Å². The number of rotatable bonds is 6. The molecule has 2 aliphatic rings. The summed E-state index contributed by atoms with van der Waals surface area (Å²) < 4.78 is 31.8. The third-order valence-corrected chi connectivity index (χ3v) is 5.30. The third kappa shape index (κ3) is 4.82. The van der Waals surface area contributed by atoms with Crippen LogP contribution in [0.1, 0.15) is 33.1 Å². The van der Waals surface area contributed by atoms with E-state index in [2.05, 4.69) is 20.3 Å². The van der Waals surface area contributed by atoms with Crippen LogP contribution in [0.25, 0.3) is 0 Å². The summed E-state index contributed by atoms with van der Waals surface area (Å²) in [6, 6.07) is 0.193. The molecule has 8 heteroatoms. The lowest BCUT2D eigenvalue weighted by molar-refractivity contribution is 0.0992. The summed E-state index contributed by atoms with van der Waals surface area (Å²) in [6.07, 6.45) is 3.87. The van der Waals surface area contributed by atoms with Crippen molar-refractivity contribution in [3.63, 3.8) is 0 Å². The first-order chi connectivity index (χ1) is 9.89. The molecule has 2 fully saturated rings. The van der Waals surface area contributed by atoms with Crippen molar-refractivity contribution in [2.45, 2.75) is 57.4 Å². The van der Waals surface area contributed by atoms with Gasteiger partial charge in [0.05, 0.1) is 24.0 Å². The summed E-state index contributed by atoms with van der Waals surface area (Å²) in [7, 11) is -1.56. The van der Waals surface area contributed by atoms with E-state index in [9.17, 15) is 8.42 Å². The highest BCUT2D eigenvalue weighted by atomic mass is 32.2. The molecule has 2 saturated heterocycles. The zero-order valence-corrected chi connectivity index (χ0v) is 13.7. The van der Waals surface area contributed by atoms with Gasteiger partial charge in [0.1, 0.15) is 0 Å². The van der Waals surface area contributed by atoms with Crippen molar-refractivity contribution in [2.75, 3.05) is 19.3 Å². The molecule has 0 aromatic carbocycles. The Morgan fingerprint density at radius 2 is 2.14 bits per heavy atom. The molecule has 2 rings (SSSR count). The Morgan fingerprint density at radius 1 is 1.38 bits per heavy atom. The minimum absolute atomic E-state index is 0.0269. The summed E-state index contributed by atoms with van der Waals surface area (Å²) in [4.78, 5) is 4.14. The fraction of sp³-hybridized carbons (Fsp3) is 0.923. The number of nitrogens with zero attached hydrogens (tertiary/aromatic N) is 1. The van der Waals surface area contributed by atoms with Crippen molar-refractivity contribution in [3.8, 4) is 0 Å². The van der Waals surface area contributed by atoms with E-state index in [1.54, 1.807) is 20.9 Å². The third-order valence-electron chi connectivity index (χ3n) is 3.73. The van der Waals surface area contributed by atoms with Gasteiger partial charge in [0, 0.05) is 19.6 Å². The summed E-state index contributed by atoms with van der Waals surface area (Å²) in [5, 5.41) is 6.37. The van der Waals surface area contributed by atoms with E-state index in [0.29, 0.717) is 18.6 Å². The number of guanidine groups is 1. The first-order valence-electron chi connectivity index (χ1n) is 7.52. The number of aliphatic imine (C=N–C) groups is 1. The highest BCUT2D eigenvalue weighted by molar-refractivity contribution is 7.89. The molecule has 0 aliphatic carbocycles. The quantitative estimate of drug-likeness (QED) is 0.466. The second-order valence-corrected chi connectivity index (χ2v) is 7.82. The maximum Gasteiger partial charge on any atom is 0.213 e. The van der Waals surface area contributed by atoms with Gasteiger partial charge in [0.15, 0.2) is 5.96 Å². The van der Waals surface area contributed by atoms with E-state index < -0.39 is 10.0 Å². The molecule has 21 heavy (non-hydrogen) atoms. The number of sulfonamides is 1. The standard InChI is InChI=1S/C13H26N4O3S/c1-9(2)17-21(18,19)7-6-15-13(14-3)16-11-8-10-4-5-12(11)20-10/h9-12,17H,4-8H2,1-3H3,(H2,14,15,16). The molecule has 122 valence electrons. The first kappa shape index (κ1) is 16.5. The van der Waals surface area contributed by atoms with E-state index in [-0.39, 0.29) is 23.9 Å². The van der Waals surface area contributed by atoms with E-state index in [4.69, 9.17) is 4.74 Å². The fourth-order valence-electron chi connectivity index (χ4n) is 2.88. The van der Waals surface area contributed by atoms with Gasteiger partial charge in [0.25, 0.3) is 0 Å². The summed E-state index contributed by atoms with van der Waals surface area (Å²) >= 11 is 0. The first-order valence-corrected chi connectivity index (χ1v) is 9.17. The average Bonchev–Trinajstić information content (AvgIpc) is 2.97. The van der Waals surface area contributed by atoms with Crippen LogP contribution in [0.5, 0.6) is 0 Å². The predicted molar refractivity (Wildman–Crippen MR) is 82.9 cm³/mol. The summed E-state index contributed by atoms with van der Waals surface area (Å²) in [6.45, 7) is 3.94. The zero-order valence-electron chi connectivity index (χ0n) is 12.9. The van der Waals surface area contributed by atoms with Crippen LogP contribution in [0.2, 0.25) is 0 Å². The van der Waals surface area contributed by atoms with Crippen molar-refractivity contribution in [1.82, 2.24) is 15.4 Å². The van der Waals surface area contributed by atoms with E-state index >= 15 is 0 Å². The van der Waals surface area contributed by atoms with Crippen molar-refractivity contribution in [2.24, 2.45) is 4.99 Å². The highest BCUT2D eigenvalue weighted by Crippen LogP contribution is 2.34. The lowest BCUT2D eigenvalue weighted by Gasteiger charge is -2.22. The predicted octanol–water partition coefficient (Wildman–Crippen LogP) is -0.201. The summed E-state index contributed by atoms with van der Waals surface area (Å²) in [5.74, 6) is 0.662. The molecule has 0 radical (unpaired) electrons. The maximum absolute atomic E-state index is 11.7. The molecule has 7 nitrogen and oxygen atoms in total. The van der Waals surface area contributed by atoms with Crippen LogP contribution in [0.15, 0.2) is 4.99 Å². The number of hydrogen-bond donors (Lipinski definition) is 3. The topological polar surface area (TPSA) is 91.8 Å². The number of nitrogens with one attached hydrogen (secondary N) is 3. The normalized spacial score (nSPS) is 29.1. The molecule has 3 atom stereocenters. The molecule has 0 spiro atoms. The van der Waals surface area contributed by atoms with Gasteiger partial charge in [-0.05, 0) is 33.1 Å². The minimum atomic E-state index is -3.24. The van der Waals surface area contributed by atoms with Gasteiger partial charge in [-0.15, -0.1) is 0 Å². The molecule has 0 aromatic rings. The van der Waals surface area contributed by atoms with Gasteiger partial charge >= 0.3 is 0 Å². The van der Waals surface area contributed by atoms with E-state index in [1.165, 1.54) is 0 Å². The van der Waals surface area contributed by atoms with Gasteiger partial charge < -0.3 is 15.4 Å². The van der Waals surface area contributed by atoms with Crippen molar-refractivity contribution < 1.29 is 13.2 Å². The molecular weight excluding hydrogens is 292 g/mol. The van der Waals surface area contributed by atoms with Crippen LogP contribution < -0.4 is 15.4 Å². The van der Waals surface area contributed by atoms with Gasteiger partial charge in [0.2, 0.25) is 10.0 Å². The Kier molecular flexibility index (Phi) is 5.45. The molecule has 0 aromatic heterocycles. The Balaban J connectivity index is 1.73. The van der Waals surface area contributed by atoms with E-state index in [1.807, 2.05) is 0 Å². The molecule has 3 N–H and O–H groups in total. The van der Waals surface area contributed by atoms with Gasteiger partial charge in [-0.3, -0.25) is 4.99 Å². The smallest absolute Gasteiger partial charge is 0.213 e. The number of ether oxygens (including phenoxy) is 1. The second-order valence-electron chi connectivity index (χ2n) is 5.95. The lowest BCUT2D eigenvalue weighted by Crippen LogP contribution is -2.48. The molecule has 0 saturated carbocycles. The molecule has 2 aliphatic heterocycles. The molecule has 3 unspecified atom stereocenters. The largest absolute Gasteiger partial charge is 0.373 e. The molecule has 2 bridgehead atoms. The Labute approximate surface area is 127 Å². The highest BCUT2D eigenvalue weighted by Gasteiger charge is 2.41. The Morgan fingerprint density at radius 3 is 2.67 bits per heavy atom. The average molecular weight is 318 g/mol. The zero-order chi connectivity index (χ0) is 15.5. The Bertz CT molecular complexity index is 478. The number of hydrogen-bond acceptors (Lipinski definition) is 4. The van der Waals surface area contributed by atoms with Crippen molar-refractivity contribution >= 4 is 16.0 Å². The van der Waals surface area contributed by atoms with Crippen LogP contribution >= 0.6 is 0 Å². The van der Waals surface area contributed by atoms with Gasteiger partial charge in [-0.2, -0.15) is 0 Å². The van der Waals surface area contributed by atoms with E-state index in [0.717, 1.165) is 19.3 Å². The SMILES string of the molecule is CN=C(NCCS(=O)(=O)NC(C)C)NC1CC2CCC1O2. The monoisotopic (exact) mass is 318 g/mol. The van der Waals surface area contributed by atoms with Gasteiger partial charge in [-0.25, -0.2) is 13.1 Å². The molecule has 0 amide bonds. The Hall–Kier alpha value is -0.860. The summed E-state index contributed by atoms with van der Waals surface area (Å²) in [5.41, 5.74) is 0. The van der Waals surface area contributed by atoms with Crippen LogP contribution in [0, 0.1) is 0 Å². The fourth-order valence-corrected chi connectivity index (χ4v) is 4.09. The maximum atomic E-state index is 11.7. The van der Waals surface area contributed by atoms with Crippen LogP contribution in [0.4, 0.5) is 0 Å². The lowest BCUT2D eigenvalue weighted by atomic mass is 9.96. The number of fused-ring (bicyclic) bond motifs is 2. The van der Waals surface area contributed by atoms with Crippen molar-refractivity contribution in [3.05, 3.63) is 0 Å². The van der Waals surface area contributed by atoms with Crippen LogP contribution in [-0.2, 0) is 14.8 Å². The van der Waals surface area contributed by atoms with Crippen LogP contribution in [0.3, 0.4) is 0 Å². The second kappa shape index (κ2) is 6.93.